The predicted molar refractivity (Wildman–Crippen MR) is 82.1 cm³/mol. The maximum Gasteiger partial charge on any atom is 0.138 e. The summed E-state index contributed by atoms with van der Waals surface area (Å²) in [5, 5.41) is 4.02. The van der Waals surface area contributed by atoms with E-state index in [1.807, 2.05) is 13.8 Å². The summed E-state index contributed by atoms with van der Waals surface area (Å²) in [7, 11) is 0. The van der Waals surface area contributed by atoms with Crippen molar-refractivity contribution in [1.29, 1.82) is 0 Å². The molecular formula is C16H20N4O. The van der Waals surface area contributed by atoms with Crippen LogP contribution in [0, 0.1) is 13.8 Å². The third-order valence-corrected chi connectivity index (χ3v) is 3.98. The second-order valence-electron chi connectivity index (χ2n) is 5.30. The summed E-state index contributed by atoms with van der Waals surface area (Å²) in [5.41, 5.74) is 11.3. The summed E-state index contributed by atoms with van der Waals surface area (Å²) < 4.78 is 7.41. The summed E-state index contributed by atoms with van der Waals surface area (Å²) >= 11 is 0. The molecule has 0 spiro atoms. The van der Waals surface area contributed by atoms with Crippen molar-refractivity contribution >= 4 is 11.0 Å². The SMILES string of the molecule is CCc1ccc2c(c1)nc(CN)n2Cc1c(C)noc1C. The number of aryl methyl sites for hydroxylation is 3. The van der Waals surface area contributed by atoms with Gasteiger partial charge in [0, 0.05) is 5.56 Å². The third kappa shape index (κ3) is 2.34. The maximum atomic E-state index is 5.87. The summed E-state index contributed by atoms with van der Waals surface area (Å²) in [6.45, 7) is 7.15. The molecule has 0 fully saturated rings. The molecule has 0 saturated carbocycles. The van der Waals surface area contributed by atoms with Gasteiger partial charge in [0.2, 0.25) is 0 Å². The van der Waals surface area contributed by atoms with Gasteiger partial charge >= 0.3 is 0 Å². The minimum Gasteiger partial charge on any atom is -0.361 e. The Kier molecular flexibility index (Phi) is 3.51. The molecule has 0 bridgehead atoms. The van der Waals surface area contributed by atoms with Crippen LogP contribution < -0.4 is 5.73 Å². The lowest BCUT2D eigenvalue weighted by Gasteiger charge is -2.08. The van der Waals surface area contributed by atoms with E-state index >= 15 is 0 Å². The van der Waals surface area contributed by atoms with Crippen LogP contribution in [0.3, 0.4) is 0 Å². The van der Waals surface area contributed by atoms with Crippen LogP contribution >= 0.6 is 0 Å². The van der Waals surface area contributed by atoms with Crippen LogP contribution in [0.5, 0.6) is 0 Å². The molecule has 0 aliphatic heterocycles. The summed E-state index contributed by atoms with van der Waals surface area (Å²) in [6, 6.07) is 6.41. The van der Waals surface area contributed by atoms with E-state index in [-0.39, 0.29) is 0 Å². The number of fused-ring (bicyclic) bond motifs is 1. The van der Waals surface area contributed by atoms with Crippen molar-refractivity contribution in [2.45, 2.75) is 40.3 Å². The van der Waals surface area contributed by atoms with Gasteiger partial charge in [-0.3, -0.25) is 0 Å². The molecule has 0 amide bonds. The molecule has 2 N–H and O–H groups in total. The maximum absolute atomic E-state index is 5.87. The molecule has 21 heavy (non-hydrogen) atoms. The molecule has 2 heterocycles. The average Bonchev–Trinajstić information content (AvgIpc) is 3.01. The fourth-order valence-electron chi connectivity index (χ4n) is 2.66. The lowest BCUT2D eigenvalue weighted by atomic mass is 10.1. The second-order valence-corrected chi connectivity index (χ2v) is 5.30. The first-order chi connectivity index (χ1) is 10.1. The van der Waals surface area contributed by atoms with Gasteiger partial charge in [-0.1, -0.05) is 18.1 Å². The first-order valence-electron chi connectivity index (χ1n) is 7.24. The van der Waals surface area contributed by atoms with E-state index in [9.17, 15) is 0 Å². The molecule has 5 heteroatoms. The van der Waals surface area contributed by atoms with Crippen LogP contribution in [0.2, 0.25) is 0 Å². The highest BCUT2D eigenvalue weighted by Gasteiger charge is 2.15. The smallest absolute Gasteiger partial charge is 0.138 e. The summed E-state index contributed by atoms with van der Waals surface area (Å²) in [4.78, 5) is 4.67. The molecule has 0 aliphatic carbocycles. The van der Waals surface area contributed by atoms with Crippen molar-refractivity contribution in [3.63, 3.8) is 0 Å². The Morgan fingerprint density at radius 3 is 2.71 bits per heavy atom. The van der Waals surface area contributed by atoms with E-state index in [2.05, 4.69) is 39.8 Å². The standard InChI is InChI=1S/C16H20N4O/c1-4-12-5-6-15-14(7-12)18-16(8-17)20(15)9-13-10(2)19-21-11(13)3/h5-7H,4,8-9,17H2,1-3H3. The molecule has 0 radical (unpaired) electrons. The largest absolute Gasteiger partial charge is 0.361 e. The van der Waals surface area contributed by atoms with Crippen molar-refractivity contribution in [2.75, 3.05) is 0 Å². The highest BCUT2D eigenvalue weighted by molar-refractivity contribution is 5.77. The lowest BCUT2D eigenvalue weighted by Crippen LogP contribution is -2.10. The first-order valence-corrected chi connectivity index (χ1v) is 7.24. The Morgan fingerprint density at radius 2 is 2.10 bits per heavy atom. The lowest BCUT2D eigenvalue weighted by molar-refractivity contribution is 0.392. The van der Waals surface area contributed by atoms with Crippen LogP contribution in [0.25, 0.3) is 11.0 Å². The quantitative estimate of drug-likeness (QED) is 0.799. The molecule has 3 rings (SSSR count). The van der Waals surface area contributed by atoms with Gasteiger partial charge in [-0.15, -0.1) is 0 Å². The van der Waals surface area contributed by atoms with Crippen molar-refractivity contribution in [2.24, 2.45) is 5.73 Å². The molecule has 0 unspecified atom stereocenters. The number of aromatic nitrogens is 3. The van der Waals surface area contributed by atoms with E-state index in [0.717, 1.165) is 40.3 Å². The van der Waals surface area contributed by atoms with E-state index in [0.29, 0.717) is 13.1 Å². The van der Waals surface area contributed by atoms with Gasteiger partial charge in [0.05, 0.1) is 29.8 Å². The van der Waals surface area contributed by atoms with E-state index < -0.39 is 0 Å². The first kappa shape index (κ1) is 13.8. The Morgan fingerprint density at radius 1 is 1.29 bits per heavy atom. The predicted octanol–water partition coefficient (Wildman–Crippen LogP) is 2.71. The van der Waals surface area contributed by atoms with Gasteiger partial charge in [0.1, 0.15) is 11.6 Å². The number of benzene rings is 1. The van der Waals surface area contributed by atoms with Gasteiger partial charge < -0.3 is 14.8 Å². The van der Waals surface area contributed by atoms with Gasteiger partial charge in [-0.25, -0.2) is 4.98 Å². The molecule has 1 aromatic carbocycles. The number of imidazole rings is 1. The van der Waals surface area contributed by atoms with Crippen molar-refractivity contribution in [3.05, 3.63) is 46.6 Å². The number of nitrogens with two attached hydrogens (primary N) is 1. The zero-order valence-corrected chi connectivity index (χ0v) is 12.7. The Bertz CT molecular complexity index is 766. The summed E-state index contributed by atoms with van der Waals surface area (Å²) in [5.74, 6) is 1.74. The van der Waals surface area contributed by atoms with Gasteiger partial charge in [0.25, 0.3) is 0 Å². The minimum atomic E-state index is 0.416. The highest BCUT2D eigenvalue weighted by atomic mass is 16.5. The second kappa shape index (κ2) is 5.33. The number of nitrogens with zero attached hydrogens (tertiary/aromatic N) is 3. The monoisotopic (exact) mass is 284 g/mol. The topological polar surface area (TPSA) is 69.9 Å². The molecular weight excluding hydrogens is 264 g/mol. The van der Waals surface area contributed by atoms with Crippen LogP contribution in [-0.2, 0) is 19.5 Å². The molecule has 110 valence electrons. The van der Waals surface area contributed by atoms with E-state index in [1.165, 1.54) is 5.56 Å². The zero-order valence-electron chi connectivity index (χ0n) is 12.7. The van der Waals surface area contributed by atoms with Crippen LogP contribution in [0.1, 0.15) is 35.3 Å². The number of hydrogen-bond acceptors (Lipinski definition) is 4. The minimum absolute atomic E-state index is 0.416. The molecule has 0 aliphatic rings. The third-order valence-electron chi connectivity index (χ3n) is 3.98. The average molecular weight is 284 g/mol. The fourth-order valence-corrected chi connectivity index (χ4v) is 2.66. The zero-order chi connectivity index (χ0) is 15.0. The van der Waals surface area contributed by atoms with Crippen molar-refractivity contribution in [1.82, 2.24) is 14.7 Å². The van der Waals surface area contributed by atoms with Crippen LogP contribution in [-0.4, -0.2) is 14.7 Å². The van der Waals surface area contributed by atoms with Gasteiger partial charge in [-0.2, -0.15) is 0 Å². The van der Waals surface area contributed by atoms with Gasteiger partial charge in [0.15, 0.2) is 0 Å². The normalized spacial score (nSPS) is 11.4. The van der Waals surface area contributed by atoms with E-state index in [1.54, 1.807) is 0 Å². The van der Waals surface area contributed by atoms with Crippen LogP contribution in [0.15, 0.2) is 22.7 Å². The molecule has 3 aromatic rings. The highest BCUT2D eigenvalue weighted by Crippen LogP contribution is 2.22. The molecule has 2 aromatic heterocycles. The summed E-state index contributed by atoms with van der Waals surface area (Å²) in [6.07, 6.45) is 1.00. The van der Waals surface area contributed by atoms with Crippen LogP contribution in [0.4, 0.5) is 0 Å². The molecule has 0 saturated heterocycles. The van der Waals surface area contributed by atoms with Crippen molar-refractivity contribution < 1.29 is 4.52 Å². The Hall–Kier alpha value is -2.14. The number of hydrogen-bond donors (Lipinski definition) is 1. The fraction of sp³-hybridized carbons (Fsp3) is 0.375. The van der Waals surface area contributed by atoms with Gasteiger partial charge in [-0.05, 0) is 38.0 Å². The number of rotatable bonds is 4. The van der Waals surface area contributed by atoms with Crippen molar-refractivity contribution in [3.8, 4) is 0 Å². The molecule has 5 nitrogen and oxygen atoms in total. The Labute approximate surface area is 123 Å². The molecule has 0 atom stereocenters. The van der Waals surface area contributed by atoms with E-state index in [4.69, 9.17) is 10.3 Å². The Balaban J connectivity index is 2.12.